The van der Waals surface area contributed by atoms with Gasteiger partial charge in [-0.15, -0.1) is 11.6 Å². The van der Waals surface area contributed by atoms with Crippen molar-refractivity contribution in [3.63, 3.8) is 0 Å². The summed E-state index contributed by atoms with van der Waals surface area (Å²) in [7, 11) is 0. The average molecular weight is 305 g/mol. The van der Waals surface area contributed by atoms with Gasteiger partial charge in [-0.25, -0.2) is 0 Å². The van der Waals surface area contributed by atoms with Gasteiger partial charge >= 0.3 is 0 Å². The fourth-order valence-corrected chi connectivity index (χ4v) is 2.49. The summed E-state index contributed by atoms with van der Waals surface area (Å²) in [5, 5.41) is 3.61. The predicted molar refractivity (Wildman–Crippen MR) is 74.9 cm³/mol. The van der Waals surface area contributed by atoms with E-state index in [4.69, 9.17) is 11.6 Å². The number of halogens is 2. The van der Waals surface area contributed by atoms with Gasteiger partial charge in [-0.3, -0.25) is 0 Å². The van der Waals surface area contributed by atoms with Crippen LogP contribution in [0.3, 0.4) is 0 Å². The van der Waals surface area contributed by atoms with Crippen molar-refractivity contribution in [2.75, 3.05) is 6.54 Å². The summed E-state index contributed by atoms with van der Waals surface area (Å²) in [6, 6.07) is 8.25. The van der Waals surface area contributed by atoms with Gasteiger partial charge in [-0.2, -0.15) is 0 Å². The van der Waals surface area contributed by atoms with Crippen molar-refractivity contribution in [1.82, 2.24) is 5.32 Å². The van der Waals surface area contributed by atoms with Gasteiger partial charge in [0.1, 0.15) is 0 Å². The van der Waals surface area contributed by atoms with Crippen LogP contribution in [0.4, 0.5) is 0 Å². The molecule has 0 fully saturated rings. The lowest BCUT2D eigenvalue weighted by Gasteiger charge is -2.13. The van der Waals surface area contributed by atoms with Gasteiger partial charge in [-0.1, -0.05) is 48.0 Å². The SMILES string of the molecule is CC(C)CC(Cl)CNCc1ccccc1Br. The van der Waals surface area contributed by atoms with Crippen molar-refractivity contribution in [3.8, 4) is 0 Å². The Bertz CT molecular complexity index is 315. The lowest BCUT2D eigenvalue weighted by Crippen LogP contribution is -2.24. The Morgan fingerprint density at radius 3 is 2.62 bits per heavy atom. The van der Waals surface area contributed by atoms with E-state index >= 15 is 0 Å². The van der Waals surface area contributed by atoms with Crippen molar-refractivity contribution in [3.05, 3.63) is 34.3 Å². The second kappa shape index (κ2) is 7.31. The number of hydrogen-bond acceptors (Lipinski definition) is 1. The molecule has 0 spiro atoms. The van der Waals surface area contributed by atoms with E-state index in [9.17, 15) is 0 Å². The molecular weight excluding hydrogens is 286 g/mol. The minimum atomic E-state index is 0.225. The highest BCUT2D eigenvalue weighted by Crippen LogP contribution is 2.15. The molecule has 90 valence electrons. The van der Waals surface area contributed by atoms with E-state index in [1.54, 1.807) is 0 Å². The Morgan fingerprint density at radius 1 is 1.31 bits per heavy atom. The maximum Gasteiger partial charge on any atom is 0.0463 e. The zero-order valence-electron chi connectivity index (χ0n) is 9.84. The number of benzene rings is 1. The molecule has 1 rings (SSSR count). The smallest absolute Gasteiger partial charge is 0.0463 e. The lowest BCUT2D eigenvalue weighted by atomic mass is 10.1. The maximum atomic E-state index is 6.21. The first kappa shape index (κ1) is 14.0. The fourth-order valence-electron chi connectivity index (χ4n) is 1.60. The molecule has 0 aliphatic rings. The zero-order valence-corrected chi connectivity index (χ0v) is 12.2. The Kier molecular flexibility index (Phi) is 6.40. The Morgan fingerprint density at radius 2 is 2.00 bits per heavy atom. The third-order valence-electron chi connectivity index (χ3n) is 2.37. The Hall–Kier alpha value is -0.0500. The molecule has 0 aliphatic heterocycles. The second-order valence-electron chi connectivity index (χ2n) is 4.45. The summed E-state index contributed by atoms with van der Waals surface area (Å²) in [5.74, 6) is 0.660. The number of rotatable bonds is 6. The molecule has 0 aromatic heterocycles. The van der Waals surface area contributed by atoms with Crippen LogP contribution in [0.25, 0.3) is 0 Å². The highest BCUT2D eigenvalue weighted by atomic mass is 79.9. The van der Waals surface area contributed by atoms with Crippen LogP contribution >= 0.6 is 27.5 Å². The van der Waals surface area contributed by atoms with Crippen LogP contribution in [0.15, 0.2) is 28.7 Å². The lowest BCUT2D eigenvalue weighted by molar-refractivity contribution is 0.533. The minimum Gasteiger partial charge on any atom is -0.311 e. The molecule has 1 unspecified atom stereocenters. The van der Waals surface area contributed by atoms with E-state index in [0.717, 1.165) is 24.0 Å². The topological polar surface area (TPSA) is 12.0 Å². The summed E-state index contributed by atoms with van der Waals surface area (Å²) in [5.41, 5.74) is 1.27. The monoisotopic (exact) mass is 303 g/mol. The van der Waals surface area contributed by atoms with Crippen molar-refractivity contribution in [2.24, 2.45) is 5.92 Å². The Balaban J connectivity index is 2.28. The Labute approximate surface area is 112 Å². The van der Waals surface area contributed by atoms with Gasteiger partial charge in [0.05, 0.1) is 0 Å². The van der Waals surface area contributed by atoms with Crippen LogP contribution in [-0.4, -0.2) is 11.9 Å². The first-order chi connectivity index (χ1) is 7.59. The van der Waals surface area contributed by atoms with Crippen molar-refractivity contribution in [2.45, 2.75) is 32.2 Å². The standard InChI is InChI=1S/C13H19BrClN/c1-10(2)7-12(15)9-16-8-11-5-3-4-6-13(11)14/h3-6,10,12,16H,7-9H2,1-2H3. The van der Waals surface area contributed by atoms with Crippen molar-refractivity contribution in [1.29, 1.82) is 0 Å². The van der Waals surface area contributed by atoms with E-state index in [2.05, 4.69) is 47.2 Å². The van der Waals surface area contributed by atoms with Gasteiger partial charge in [0.15, 0.2) is 0 Å². The van der Waals surface area contributed by atoms with E-state index < -0.39 is 0 Å². The first-order valence-electron chi connectivity index (χ1n) is 5.67. The molecule has 1 N–H and O–H groups in total. The van der Waals surface area contributed by atoms with Crippen LogP contribution in [0.5, 0.6) is 0 Å². The molecule has 1 aromatic carbocycles. The molecule has 3 heteroatoms. The summed E-state index contributed by atoms with van der Waals surface area (Å²) >= 11 is 9.74. The highest BCUT2D eigenvalue weighted by Gasteiger charge is 2.06. The molecule has 0 aliphatic carbocycles. The third kappa shape index (κ3) is 5.33. The van der Waals surface area contributed by atoms with Crippen molar-refractivity contribution >= 4 is 27.5 Å². The molecule has 1 aromatic rings. The van der Waals surface area contributed by atoms with E-state index in [0.29, 0.717) is 5.92 Å². The van der Waals surface area contributed by atoms with Crippen LogP contribution in [0.1, 0.15) is 25.8 Å². The van der Waals surface area contributed by atoms with Crippen LogP contribution in [0, 0.1) is 5.92 Å². The molecule has 0 bridgehead atoms. The zero-order chi connectivity index (χ0) is 12.0. The molecule has 0 heterocycles. The molecular formula is C13H19BrClN. The van der Waals surface area contributed by atoms with Crippen LogP contribution in [0.2, 0.25) is 0 Å². The molecule has 1 nitrogen and oxygen atoms in total. The molecule has 0 saturated heterocycles. The molecule has 0 amide bonds. The average Bonchev–Trinajstić information content (AvgIpc) is 2.19. The largest absolute Gasteiger partial charge is 0.311 e. The first-order valence-corrected chi connectivity index (χ1v) is 6.90. The highest BCUT2D eigenvalue weighted by molar-refractivity contribution is 9.10. The third-order valence-corrected chi connectivity index (χ3v) is 3.47. The van der Waals surface area contributed by atoms with E-state index in [1.165, 1.54) is 5.56 Å². The summed E-state index contributed by atoms with van der Waals surface area (Å²) in [4.78, 5) is 0. The summed E-state index contributed by atoms with van der Waals surface area (Å²) < 4.78 is 1.15. The van der Waals surface area contributed by atoms with Crippen LogP contribution in [-0.2, 0) is 6.54 Å². The van der Waals surface area contributed by atoms with Crippen LogP contribution < -0.4 is 5.32 Å². The fraction of sp³-hybridized carbons (Fsp3) is 0.538. The van der Waals surface area contributed by atoms with Gasteiger partial charge in [0.25, 0.3) is 0 Å². The van der Waals surface area contributed by atoms with E-state index in [-0.39, 0.29) is 5.38 Å². The predicted octanol–water partition coefficient (Wildman–Crippen LogP) is 4.19. The number of hydrogen-bond donors (Lipinski definition) is 1. The van der Waals surface area contributed by atoms with Crippen molar-refractivity contribution < 1.29 is 0 Å². The molecule has 16 heavy (non-hydrogen) atoms. The number of alkyl halides is 1. The number of nitrogens with one attached hydrogen (secondary N) is 1. The van der Waals surface area contributed by atoms with Gasteiger partial charge < -0.3 is 5.32 Å². The molecule has 0 radical (unpaired) electrons. The quantitative estimate of drug-likeness (QED) is 0.777. The molecule has 1 atom stereocenters. The van der Waals surface area contributed by atoms with Gasteiger partial charge in [-0.05, 0) is 24.0 Å². The molecule has 0 saturated carbocycles. The van der Waals surface area contributed by atoms with E-state index in [1.807, 2.05) is 12.1 Å². The van der Waals surface area contributed by atoms with Gasteiger partial charge in [0.2, 0.25) is 0 Å². The summed E-state index contributed by atoms with van der Waals surface area (Å²) in [6.45, 7) is 6.12. The minimum absolute atomic E-state index is 0.225. The summed E-state index contributed by atoms with van der Waals surface area (Å²) in [6.07, 6.45) is 1.06. The van der Waals surface area contributed by atoms with Gasteiger partial charge in [0, 0.05) is 22.9 Å². The maximum absolute atomic E-state index is 6.21. The second-order valence-corrected chi connectivity index (χ2v) is 5.92. The normalized spacial score (nSPS) is 13.1.